The first kappa shape index (κ1) is 8.97. The lowest BCUT2D eigenvalue weighted by atomic mass is 10.2. The van der Waals surface area contributed by atoms with Gasteiger partial charge in [0.15, 0.2) is 0 Å². The van der Waals surface area contributed by atoms with E-state index in [-0.39, 0.29) is 0 Å². The molecule has 0 radical (unpaired) electrons. The van der Waals surface area contributed by atoms with Crippen LogP contribution in [0.15, 0.2) is 34.4 Å². The largest absolute Gasteiger partial charge is 0.260 e. The molecule has 0 aromatic rings. The molecule has 0 aromatic carbocycles. The summed E-state index contributed by atoms with van der Waals surface area (Å²) >= 11 is 0. The molecule has 1 aliphatic rings. The van der Waals surface area contributed by atoms with E-state index in [4.69, 9.17) is 0 Å². The lowest BCUT2D eigenvalue weighted by Gasteiger charge is -2.02. The third-order valence-electron chi connectivity index (χ3n) is 1.73. The number of hydrogen-bond acceptors (Lipinski definition) is 3. The molecule has 0 fully saturated rings. The number of hydrogen-bond donors (Lipinski definition) is 1. The fourth-order valence-electron chi connectivity index (χ4n) is 1.04. The van der Waals surface area contributed by atoms with Gasteiger partial charge in [-0.25, -0.2) is 0 Å². The lowest BCUT2D eigenvalue weighted by Crippen LogP contribution is -2.03. The fourth-order valence-corrected chi connectivity index (χ4v) is 1.04. The molecule has 1 rings (SSSR count). The molecule has 3 heteroatoms. The molecule has 0 aromatic heterocycles. The van der Waals surface area contributed by atoms with Crippen LogP contribution >= 0.6 is 0 Å². The molecular formula is C9H15N3. The summed E-state index contributed by atoms with van der Waals surface area (Å²) in [4.78, 5) is 0. The van der Waals surface area contributed by atoms with Gasteiger partial charge in [-0.05, 0) is 18.9 Å². The molecule has 0 atom stereocenters. The van der Waals surface area contributed by atoms with Crippen molar-refractivity contribution in [2.45, 2.75) is 32.6 Å². The van der Waals surface area contributed by atoms with Gasteiger partial charge in [0.25, 0.3) is 0 Å². The average molecular weight is 165 g/mol. The molecule has 0 aliphatic carbocycles. The molecule has 12 heavy (non-hydrogen) atoms. The molecule has 0 saturated carbocycles. The van der Waals surface area contributed by atoms with E-state index in [0.717, 1.165) is 12.1 Å². The second-order valence-electron chi connectivity index (χ2n) is 2.80. The van der Waals surface area contributed by atoms with Crippen molar-refractivity contribution in [3.63, 3.8) is 0 Å². The smallest absolute Gasteiger partial charge is 0.0555 e. The minimum atomic E-state index is 1.06. The van der Waals surface area contributed by atoms with Crippen molar-refractivity contribution in [3.8, 4) is 0 Å². The Kier molecular flexibility index (Phi) is 4.13. The molecule has 1 N–H and O–H groups in total. The summed E-state index contributed by atoms with van der Waals surface area (Å²) in [6, 6.07) is 0. The molecule has 0 saturated heterocycles. The second-order valence-corrected chi connectivity index (χ2v) is 2.80. The number of rotatable bonds is 4. The van der Waals surface area contributed by atoms with Crippen molar-refractivity contribution in [1.29, 1.82) is 0 Å². The van der Waals surface area contributed by atoms with Crippen LogP contribution in [0.25, 0.3) is 0 Å². The van der Waals surface area contributed by atoms with Gasteiger partial charge in [0.05, 0.1) is 11.9 Å². The number of nitrogens with zero attached hydrogens (tertiary/aromatic N) is 2. The number of unbranched alkanes of at least 4 members (excludes halogenated alkanes) is 3. The molecule has 1 heterocycles. The Morgan fingerprint density at radius 1 is 1.50 bits per heavy atom. The van der Waals surface area contributed by atoms with Gasteiger partial charge < -0.3 is 0 Å². The fraction of sp³-hybridized carbons (Fsp3) is 0.556. The molecule has 1 aliphatic heterocycles. The van der Waals surface area contributed by atoms with E-state index in [1.165, 1.54) is 19.3 Å². The van der Waals surface area contributed by atoms with Gasteiger partial charge in [0, 0.05) is 0 Å². The summed E-state index contributed by atoms with van der Waals surface area (Å²) in [6.07, 6.45) is 10.7. The Hall–Kier alpha value is -1.12. The summed E-state index contributed by atoms with van der Waals surface area (Å²) in [7, 11) is 0. The zero-order valence-electron chi connectivity index (χ0n) is 7.45. The number of nitrogens with one attached hydrogen (secondary N) is 1. The molecule has 0 unspecified atom stereocenters. The van der Waals surface area contributed by atoms with Gasteiger partial charge in [0.1, 0.15) is 0 Å². The van der Waals surface area contributed by atoms with Crippen molar-refractivity contribution in [3.05, 3.63) is 24.0 Å². The van der Waals surface area contributed by atoms with E-state index in [2.05, 4.69) is 28.8 Å². The van der Waals surface area contributed by atoms with Crippen molar-refractivity contribution in [2.24, 2.45) is 10.3 Å². The maximum atomic E-state index is 3.68. The highest BCUT2D eigenvalue weighted by atomic mass is 15.4. The van der Waals surface area contributed by atoms with Crippen LogP contribution in [0.3, 0.4) is 0 Å². The monoisotopic (exact) mass is 165 g/mol. The van der Waals surface area contributed by atoms with E-state index < -0.39 is 0 Å². The molecule has 0 amide bonds. The molecule has 66 valence electrons. The van der Waals surface area contributed by atoms with Gasteiger partial charge in [-0.2, -0.15) is 0 Å². The van der Waals surface area contributed by atoms with Gasteiger partial charge in [-0.15, -0.1) is 5.11 Å². The van der Waals surface area contributed by atoms with Gasteiger partial charge in [0.2, 0.25) is 0 Å². The van der Waals surface area contributed by atoms with Gasteiger partial charge >= 0.3 is 0 Å². The average Bonchev–Trinajstić information content (AvgIpc) is 2.14. The second kappa shape index (κ2) is 5.52. The van der Waals surface area contributed by atoms with E-state index in [1.54, 1.807) is 6.20 Å². The van der Waals surface area contributed by atoms with Crippen LogP contribution in [0.1, 0.15) is 32.6 Å². The maximum absolute atomic E-state index is 3.68. The third-order valence-corrected chi connectivity index (χ3v) is 1.73. The zero-order valence-corrected chi connectivity index (χ0v) is 7.45. The Morgan fingerprint density at radius 2 is 2.42 bits per heavy atom. The Labute approximate surface area is 73.2 Å². The predicted octanol–water partition coefficient (Wildman–Crippen LogP) is 2.93. The Morgan fingerprint density at radius 3 is 3.08 bits per heavy atom. The number of allylic oxidation sites excluding steroid dienone is 2. The molecule has 0 bridgehead atoms. The van der Waals surface area contributed by atoms with Crippen LogP contribution < -0.4 is 5.43 Å². The minimum absolute atomic E-state index is 1.06. The van der Waals surface area contributed by atoms with E-state index in [0.29, 0.717) is 0 Å². The molecular weight excluding hydrogens is 150 g/mol. The summed E-state index contributed by atoms with van der Waals surface area (Å²) in [5.74, 6) is 0. The third kappa shape index (κ3) is 3.32. The van der Waals surface area contributed by atoms with E-state index in [9.17, 15) is 0 Å². The summed E-state index contributed by atoms with van der Waals surface area (Å²) in [5, 5.41) is 7.34. The van der Waals surface area contributed by atoms with Crippen LogP contribution in [-0.4, -0.2) is 0 Å². The lowest BCUT2D eigenvalue weighted by molar-refractivity contribution is 0.720. The van der Waals surface area contributed by atoms with Crippen LogP contribution in [0, 0.1) is 0 Å². The maximum Gasteiger partial charge on any atom is 0.0555 e. The molecule has 3 nitrogen and oxygen atoms in total. The summed E-state index contributed by atoms with van der Waals surface area (Å²) in [5.41, 5.74) is 3.89. The predicted molar refractivity (Wildman–Crippen MR) is 49.4 cm³/mol. The Balaban J connectivity index is 2.18. The first-order valence-corrected chi connectivity index (χ1v) is 4.46. The van der Waals surface area contributed by atoms with Crippen molar-refractivity contribution < 1.29 is 0 Å². The van der Waals surface area contributed by atoms with Gasteiger partial charge in [-0.1, -0.05) is 31.1 Å². The zero-order chi connectivity index (χ0) is 8.65. The van der Waals surface area contributed by atoms with Crippen LogP contribution in [0.4, 0.5) is 0 Å². The highest BCUT2D eigenvalue weighted by Gasteiger charge is 1.92. The minimum Gasteiger partial charge on any atom is -0.260 e. The quantitative estimate of drug-likeness (QED) is 0.639. The van der Waals surface area contributed by atoms with E-state index >= 15 is 0 Å². The summed E-state index contributed by atoms with van der Waals surface area (Å²) in [6.45, 7) is 2.21. The normalized spacial score (nSPS) is 18.2. The first-order valence-electron chi connectivity index (χ1n) is 4.46. The SMILES string of the molecule is CCCCCC=C1C=CN=NN1. The first-order chi connectivity index (χ1) is 5.93. The van der Waals surface area contributed by atoms with Crippen molar-refractivity contribution in [2.75, 3.05) is 0 Å². The standard InChI is InChI=1S/C9H15N3/c1-2-3-4-5-6-9-7-8-10-12-11-9/h6-8H,2-5H2,1H3,(H,10,11). The highest BCUT2D eigenvalue weighted by molar-refractivity contribution is 5.16. The van der Waals surface area contributed by atoms with Gasteiger partial charge in [-0.3, -0.25) is 5.43 Å². The van der Waals surface area contributed by atoms with Crippen molar-refractivity contribution in [1.82, 2.24) is 5.43 Å². The summed E-state index contributed by atoms with van der Waals surface area (Å²) < 4.78 is 0. The van der Waals surface area contributed by atoms with Crippen LogP contribution in [0.2, 0.25) is 0 Å². The van der Waals surface area contributed by atoms with Crippen LogP contribution in [-0.2, 0) is 0 Å². The van der Waals surface area contributed by atoms with Crippen molar-refractivity contribution >= 4 is 0 Å². The topological polar surface area (TPSA) is 36.8 Å². The Bertz CT molecular complexity index is 204. The van der Waals surface area contributed by atoms with Crippen LogP contribution in [0.5, 0.6) is 0 Å². The van der Waals surface area contributed by atoms with E-state index in [1.807, 2.05) is 6.08 Å². The highest BCUT2D eigenvalue weighted by Crippen LogP contribution is 2.04. The molecule has 0 spiro atoms.